The first kappa shape index (κ1) is 14.2. The zero-order chi connectivity index (χ0) is 15.8. The third-order valence-electron chi connectivity index (χ3n) is 5.02. The molecule has 118 valence electrons. The highest BCUT2D eigenvalue weighted by Crippen LogP contribution is 2.50. The lowest BCUT2D eigenvalue weighted by Crippen LogP contribution is -2.29. The van der Waals surface area contributed by atoms with Crippen molar-refractivity contribution in [2.45, 2.75) is 18.4 Å². The van der Waals surface area contributed by atoms with Crippen molar-refractivity contribution in [2.24, 2.45) is 5.92 Å². The Hall–Kier alpha value is -2.42. The maximum absolute atomic E-state index is 5.40. The van der Waals surface area contributed by atoms with Gasteiger partial charge in [-0.3, -0.25) is 0 Å². The molecule has 0 saturated carbocycles. The van der Waals surface area contributed by atoms with Gasteiger partial charge in [0.05, 0.1) is 20.3 Å². The standard InChI is InChI=1S/C20H21NO2/c1-22-14-6-3-5-13(11-14)20-17-8-4-7-16(17)18-12-15(23-2)9-10-19(18)21-20/h3-7,9-12,16-17,20-21H,8H2,1-2H3. The highest BCUT2D eigenvalue weighted by molar-refractivity contribution is 5.61. The molecule has 0 spiro atoms. The number of methoxy groups -OCH3 is 2. The van der Waals surface area contributed by atoms with E-state index in [1.807, 2.05) is 12.1 Å². The highest BCUT2D eigenvalue weighted by atomic mass is 16.5. The molecule has 0 radical (unpaired) electrons. The van der Waals surface area contributed by atoms with Crippen molar-refractivity contribution >= 4 is 5.69 Å². The van der Waals surface area contributed by atoms with Gasteiger partial charge < -0.3 is 14.8 Å². The van der Waals surface area contributed by atoms with Crippen LogP contribution in [-0.4, -0.2) is 14.2 Å². The van der Waals surface area contributed by atoms with Gasteiger partial charge in [0.1, 0.15) is 11.5 Å². The smallest absolute Gasteiger partial charge is 0.119 e. The fourth-order valence-corrected chi connectivity index (χ4v) is 3.86. The summed E-state index contributed by atoms with van der Waals surface area (Å²) in [6.45, 7) is 0. The Morgan fingerprint density at radius 3 is 2.65 bits per heavy atom. The van der Waals surface area contributed by atoms with E-state index >= 15 is 0 Å². The Kier molecular flexibility index (Phi) is 3.49. The number of fused-ring (bicyclic) bond motifs is 3. The molecule has 1 N–H and O–H groups in total. The van der Waals surface area contributed by atoms with Gasteiger partial charge in [-0.2, -0.15) is 0 Å². The van der Waals surface area contributed by atoms with Gasteiger partial charge >= 0.3 is 0 Å². The summed E-state index contributed by atoms with van der Waals surface area (Å²) in [7, 11) is 3.44. The van der Waals surface area contributed by atoms with Crippen LogP contribution >= 0.6 is 0 Å². The van der Waals surface area contributed by atoms with Gasteiger partial charge in [-0.05, 0) is 53.8 Å². The Morgan fingerprint density at radius 2 is 1.83 bits per heavy atom. The van der Waals surface area contributed by atoms with Gasteiger partial charge in [-0.1, -0.05) is 24.3 Å². The van der Waals surface area contributed by atoms with Gasteiger partial charge in [0.2, 0.25) is 0 Å². The molecule has 0 fully saturated rings. The van der Waals surface area contributed by atoms with E-state index in [9.17, 15) is 0 Å². The molecule has 3 nitrogen and oxygen atoms in total. The molecule has 0 saturated heterocycles. The predicted octanol–water partition coefficient (Wildman–Crippen LogP) is 4.53. The van der Waals surface area contributed by atoms with Crippen LogP contribution in [0.15, 0.2) is 54.6 Å². The zero-order valence-corrected chi connectivity index (χ0v) is 13.5. The largest absolute Gasteiger partial charge is 0.497 e. The van der Waals surface area contributed by atoms with E-state index in [4.69, 9.17) is 9.47 Å². The molecule has 1 aliphatic carbocycles. The number of ether oxygens (including phenoxy) is 2. The molecule has 1 aliphatic heterocycles. The fraction of sp³-hybridized carbons (Fsp3) is 0.300. The summed E-state index contributed by atoms with van der Waals surface area (Å²) in [6, 6.07) is 15.0. The first-order valence-electron chi connectivity index (χ1n) is 8.05. The van der Waals surface area contributed by atoms with E-state index < -0.39 is 0 Å². The summed E-state index contributed by atoms with van der Waals surface area (Å²) >= 11 is 0. The lowest BCUT2D eigenvalue weighted by Gasteiger charge is -2.37. The lowest BCUT2D eigenvalue weighted by molar-refractivity contribution is 0.401. The number of allylic oxidation sites excluding steroid dienone is 2. The van der Waals surface area contributed by atoms with Crippen molar-refractivity contribution < 1.29 is 9.47 Å². The molecule has 3 unspecified atom stereocenters. The maximum atomic E-state index is 5.40. The quantitative estimate of drug-likeness (QED) is 0.845. The molecular weight excluding hydrogens is 286 g/mol. The minimum atomic E-state index is 0.297. The first-order chi connectivity index (χ1) is 11.3. The summed E-state index contributed by atoms with van der Waals surface area (Å²) in [5.41, 5.74) is 3.82. The molecule has 3 heteroatoms. The summed E-state index contributed by atoms with van der Waals surface area (Å²) in [5.74, 6) is 2.80. The second-order valence-corrected chi connectivity index (χ2v) is 6.21. The van der Waals surface area contributed by atoms with E-state index in [0.29, 0.717) is 17.9 Å². The maximum Gasteiger partial charge on any atom is 0.119 e. The van der Waals surface area contributed by atoms with Crippen LogP contribution in [0.1, 0.15) is 29.5 Å². The van der Waals surface area contributed by atoms with Crippen LogP contribution in [0.2, 0.25) is 0 Å². The minimum Gasteiger partial charge on any atom is -0.497 e. The highest BCUT2D eigenvalue weighted by Gasteiger charge is 2.38. The molecule has 0 aromatic heterocycles. The molecule has 0 amide bonds. The third kappa shape index (κ3) is 2.37. The van der Waals surface area contributed by atoms with E-state index in [-0.39, 0.29) is 0 Å². The SMILES string of the molecule is COc1cccc(C2Nc3ccc(OC)cc3C3C=CCC32)c1. The van der Waals surface area contributed by atoms with Crippen LogP contribution in [0.4, 0.5) is 5.69 Å². The Balaban J connectivity index is 1.75. The van der Waals surface area contributed by atoms with Crippen molar-refractivity contribution in [3.8, 4) is 11.5 Å². The van der Waals surface area contributed by atoms with Crippen LogP contribution < -0.4 is 14.8 Å². The normalized spacial score (nSPS) is 24.5. The Labute approximate surface area is 136 Å². The number of hydrogen-bond donors (Lipinski definition) is 1. The summed E-state index contributed by atoms with van der Waals surface area (Å²) in [4.78, 5) is 0. The van der Waals surface area contributed by atoms with Crippen LogP contribution in [0.5, 0.6) is 11.5 Å². The lowest BCUT2D eigenvalue weighted by atomic mass is 9.77. The molecular formula is C20H21NO2. The molecule has 2 aromatic rings. The molecule has 1 heterocycles. The zero-order valence-electron chi connectivity index (χ0n) is 13.5. The van der Waals surface area contributed by atoms with Crippen LogP contribution in [0.25, 0.3) is 0 Å². The second kappa shape index (κ2) is 5.65. The van der Waals surface area contributed by atoms with E-state index in [0.717, 1.165) is 17.9 Å². The average Bonchev–Trinajstić information content (AvgIpc) is 3.10. The molecule has 2 aliphatic rings. The summed E-state index contributed by atoms with van der Waals surface area (Å²) < 4.78 is 10.8. The van der Waals surface area contributed by atoms with Gasteiger partial charge in [0, 0.05) is 11.6 Å². The van der Waals surface area contributed by atoms with Crippen LogP contribution in [-0.2, 0) is 0 Å². The summed E-state index contributed by atoms with van der Waals surface area (Å²) in [5, 5.41) is 3.74. The number of benzene rings is 2. The number of rotatable bonds is 3. The van der Waals surface area contributed by atoms with Crippen molar-refractivity contribution in [3.05, 3.63) is 65.7 Å². The van der Waals surface area contributed by atoms with Crippen molar-refractivity contribution in [1.82, 2.24) is 0 Å². The van der Waals surface area contributed by atoms with Gasteiger partial charge in [-0.25, -0.2) is 0 Å². The third-order valence-corrected chi connectivity index (χ3v) is 5.02. The van der Waals surface area contributed by atoms with Crippen molar-refractivity contribution in [1.29, 1.82) is 0 Å². The molecule has 2 aromatic carbocycles. The fourth-order valence-electron chi connectivity index (χ4n) is 3.86. The first-order valence-corrected chi connectivity index (χ1v) is 8.05. The predicted molar refractivity (Wildman–Crippen MR) is 92.3 cm³/mol. The van der Waals surface area contributed by atoms with Gasteiger partial charge in [-0.15, -0.1) is 0 Å². The van der Waals surface area contributed by atoms with Crippen molar-refractivity contribution in [3.63, 3.8) is 0 Å². The van der Waals surface area contributed by atoms with Crippen LogP contribution in [0.3, 0.4) is 0 Å². The van der Waals surface area contributed by atoms with Gasteiger partial charge in [0.15, 0.2) is 0 Å². The van der Waals surface area contributed by atoms with E-state index in [1.54, 1.807) is 14.2 Å². The van der Waals surface area contributed by atoms with Crippen molar-refractivity contribution in [2.75, 3.05) is 19.5 Å². The number of hydrogen-bond acceptors (Lipinski definition) is 3. The monoisotopic (exact) mass is 307 g/mol. The number of nitrogens with one attached hydrogen (secondary N) is 1. The Bertz CT molecular complexity index is 753. The second-order valence-electron chi connectivity index (χ2n) is 6.21. The van der Waals surface area contributed by atoms with Gasteiger partial charge in [0.25, 0.3) is 0 Å². The molecule has 0 bridgehead atoms. The average molecular weight is 307 g/mol. The molecule has 4 rings (SSSR count). The topological polar surface area (TPSA) is 30.5 Å². The van der Waals surface area contributed by atoms with E-state index in [2.05, 4.69) is 47.8 Å². The molecule has 3 atom stereocenters. The summed E-state index contributed by atoms with van der Waals surface area (Å²) in [6.07, 6.45) is 5.74. The van der Waals surface area contributed by atoms with E-state index in [1.165, 1.54) is 16.8 Å². The number of anilines is 1. The Morgan fingerprint density at radius 1 is 1.00 bits per heavy atom. The van der Waals surface area contributed by atoms with Crippen LogP contribution in [0, 0.1) is 5.92 Å². The molecule has 23 heavy (non-hydrogen) atoms. The minimum absolute atomic E-state index is 0.297.